The molecule has 1 heterocycles. The Labute approximate surface area is 121 Å². The van der Waals surface area contributed by atoms with Crippen LogP contribution in [0.1, 0.15) is 19.5 Å². The molecule has 19 heavy (non-hydrogen) atoms. The van der Waals surface area contributed by atoms with E-state index in [-0.39, 0.29) is 0 Å². The molecule has 0 radical (unpaired) electrons. The van der Waals surface area contributed by atoms with Gasteiger partial charge in [0.15, 0.2) is 0 Å². The van der Waals surface area contributed by atoms with Gasteiger partial charge < -0.3 is 14.5 Å². The minimum Gasteiger partial charge on any atom is -0.496 e. The maximum Gasteiger partial charge on any atom is 0.226 e. The van der Waals surface area contributed by atoms with Crippen LogP contribution in [0, 0.1) is 0 Å². The van der Waals surface area contributed by atoms with E-state index in [2.05, 4.69) is 40.1 Å². The van der Waals surface area contributed by atoms with Crippen LogP contribution in [0.4, 0.5) is 0 Å². The van der Waals surface area contributed by atoms with Crippen LogP contribution in [0.2, 0.25) is 0 Å². The van der Waals surface area contributed by atoms with Gasteiger partial charge in [-0.25, -0.2) is 4.98 Å². The zero-order chi connectivity index (χ0) is 13.8. The Kier molecular flexibility index (Phi) is 4.61. The van der Waals surface area contributed by atoms with Crippen molar-refractivity contribution in [2.24, 2.45) is 0 Å². The van der Waals surface area contributed by atoms with Gasteiger partial charge in [0.2, 0.25) is 5.89 Å². The Bertz CT molecular complexity index is 552. The summed E-state index contributed by atoms with van der Waals surface area (Å²) in [5.41, 5.74) is 1.82. The molecule has 0 aliphatic rings. The molecule has 5 heteroatoms. The molecule has 0 bridgehead atoms. The van der Waals surface area contributed by atoms with Gasteiger partial charge in [0.1, 0.15) is 12.0 Å². The van der Waals surface area contributed by atoms with Gasteiger partial charge in [-0.2, -0.15) is 0 Å². The Hall–Kier alpha value is -1.33. The molecule has 0 fully saturated rings. The summed E-state index contributed by atoms with van der Waals surface area (Å²) < 4.78 is 11.6. The van der Waals surface area contributed by atoms with Gasteiger partial charge in [-0.3, -0.25) is 0 Å². The van der Waals surface area contributed by atoms with Crippen molar-refractivity contribution in [3.63, 3.8) is 0 Å². The third-order valence-electron chi connectivity index (χ3n) is 2.64. The summed E-state index contributed by atoms with van der Waals surface area (Å²) in [4.78, 5) is 4.46. The van der Waals surface area contributed by atoms with Crippen LogP contribution < -0.4 is 10.1 Å². The summed E-state index contributed by atoms with van der Waals surface area (Å²) in [5, 5.41) is 3.30. The van der Waals surface area contributed by atoms with Gasteiger partial charge in [0.25, 0.3) is 0 Å². The second kappa shape index (κ2) is 6.21. The first kappa shape index (κ1) is 14.1. The number of oxazole rings is 1. The van der Waals surface area contributed by atoms with Crippen LogP contribution in [0.25, 0.3) is 11.5 Å². The standard InChI is InChI=1S/C14H17BrN2O2/c1-9(2)16-7-11-8-19-14(17-11)10-4-5-13(18-3)12(15)6-10/h4-6,8-9,16H,7H2,1-3H3. The molecule has 0 saturated carbocycles. The third kappa shape index (κ3) is 3.58. The fraction of sp³-hybridized carbons (Fsp3) is 0.357. The lowest BCUT2D eigenvalue weighted by Gasteiger charge is -2.04. The van der Waals surface area contributed by atoms with E-state index in [0.717, 1.165) is 21.5 Å². The number of benzene rings is 1. The highest BCUT2D eigenvalue weighted by Gasteiger charge is 2.09. The topological polar surface area (TPSA) is 47.3 Å². The Balaban J connectivity index is 2.16. The molecule has 0 aliphatic carbocycles. The first-order valence-electron chi connectivity index (χ1n) is 6.12. The molecule has 0 aliphatic heterocycles. The normalized spacial score (nSPS) is 11.0. The first-order chi connectivity index (χ1) is 9.10. The molecule has 2 rings (SSSR count). The van der Waals surface area contributed by atoms with Gasteiger partial charge in [-0.1, -0.05) is 13.8 Å². The summed E-state index contributed by atoms with van der Waals surface area (Å²) >= 11 is 3.45. The lowest BCUT2D eigenvalue weighted by molar-refractivity contribution is 0.412. The number of nitrogens with one attached hydrogen (secondary N) is 1. The number of methoxy groups -OCH3 is 1. The van der Waals surface area contributed by atoms with Crippen molar-refractivity contribution >= 4 is 15.9 Å². The Morgan fingerprint density at radius 1 is 1.42 bits per heavy atom. The van der Waals surface area contributed by atoms with E-state index in [1.54, 1.807) is 13.4 Å². The van der Waals surface area contributed by atoms with E-state index in [1.165, 1.54) is 0 Å². The minimum atomic E-state index is 0.426. The smallest absolute Gasteiger partial charge is 0.226 e. The van der Waals surface area contributed by atoms with Crippen molar-refractivity contribution in [2.45, 2.75) is 26.4 Å². The fourth-order valence-electron chi connectivity index (χ4n) is 1.63. The molecule has 0 unspecified atom stereocenters. The Morgan fingerprint density at radius 3 is 2.84 bits per heavy atom. The van der Waals surface area contributed by atoms with Crippen molar-refractivity contribution in [3.05, 3.63) is 34.6 Å². The summed E-state index contributed by atoms with van der Waals surface area (Å²) in [5.74, 6) is 1.40. The zero-order valence-electron chi connectivity index (χ0n) is 11.2. The summed E-state index contributed by atoms with van der Waals surface area (Å²) in [6.07, 6.45) is 1.68. The van der Waals surface area contributed by atoms with E-state index in [4.69, 9.17) is 9.15 Å². The van der Waals surface area contributed by atoms with Gasteiger partial charge in [-0.15, -0.1) is 0 Å². The van der Waals surface area contributed by atoms with Crippen LogP contribution in [0.15, 0.2) is 33.4 Å². The molecule has 1 N–H and O–H groups in total. The molecule has 1 aromatic heterocycles. The van der Waals surface area contributed by atoms with Crippen LogP contribution in [-0.2, 0) is 6.54 Å². The summed E-state index contributed by atoms with van der Waals surface area (Å²) in [6, 6.07) is 6.17. The molecular formula is C14H17BrN2O2. The van der Waals surface area contributed by atoms with Gasteiger partial charge in [0, 0.05) is 18.2 Å². The van der Waals surface area contributed by atoms with Crippen molar-refractivity contribution in [1.82, 2.24) is 10.3 Å². The van der Waals surface area contributed by atoms with Crippen LogP contribution in [0.3, 0.4) is 0 Å². The number of aromatic nitrogens is 1. The van der Waals surface area contributed by atoms with Gasteiger partial charge >= 0.3 is 0 Å². The maximum atomic E-state index is 5.50. The second-order valence-corrected chi connectivity index (χ2v) is 5.38. The number of rotatable bonds is 5. The monoisotopic (exact) mass is 324 g/mol. The largest absolute Gasteiger partial charge is 0.496 e. The SMILES string of the molecule is COc1ccc(-c2nc(CNC(C)C)co2)cc1Br. The molecule has 0 saturated heterocycles. The number of hydrogen-bond acceptors (Lipinski definition) is 4. The highest BCUT2D eigenvalue weighted by atomic mass is 79.9. The number of nitrogens with zero attached hydrogens (tertiary/aromatic N) is 1. The molecule has 0 amide bonds. The van der Waals surface area contributed by atoms with Crippen molar-refractivity contribution in [2.75, 3.05) is 7.11 Å². The van der Waals surface area contributed by atoms with Crippen molar-refractivity contribution in [3.8, 4) is 17.2 Å². The van der Waals surface area contributed by atoms with E-state index in [0.29, 0.717) is 18.5 Å². The van der Waals surface area contributed by atoms with Crippen molar-refractivity contribution < 1.29 is 9.15 Å². The molecule has 0 spiro atoms. The number of ether oxygens (including phenoxy) is 1. The molecular weight excluding hydrogens is 308 g/mol. The van der Waals surface area contributed by atoms with Crippen LogP contribution in [-0.4, -0.2) is 18.1 Å². The average Bonchev–Trinajstić information content (AvgIpc) is 2.85. The zero-order valence-corrected chi connectivity index (χ0v) is 12.8. The second-order valence-electron chi connectivity index (χ2n) is 4.53. The maximum absolute atomic E-state index is 5.50. The molecule has 4 nitrogen and oxygen atoms in total. The van der Waals surface area contributed by atoms with Crippen LogP contribution >= 0.6 is 15.9 Å². The highest BCUT2D eigenvalue weighted by molar-refractivity contribution is 9.10. The van der Waals surface area contributed by atoms with Gasteiger partial charge in [-0.05, 0) is 34.1 Å². The van der Waals surface area contributed by atoms with E-state index >= 15 is 0 Å². The summed E-state index contributed by atoms with van der Waals surface area (Å²) in [6.45, 7) is 4.90. The summed E-state index contributed by atoms with van der Waals surface area (Å²) in [7, 11) is 1.64. The predicted octanol–water partition coefficient (Wildman–Crippen LogP) is 3.61. The minimum absolute atomic E-state index is 0.426. The molecule has 102 valence electrons. The number of halogens is 1. The lowest BCUT2D eigenvalue weighted by atomic mass is 10.2. The van der Waals surface area contributed by atoms with E-state index in [9.17, 15) is 0 Å². The average molecular weight is 325 g/mol. The Morgan fingerprint density at radius 2 is 2.21 bits per heavy atom. The van der Waals surface area contributed by atoms with Gasteiger partial charge in [0.05, 0.1) is 17.3 Å². The lowest BCUT2D eigenvalue weighted by Crippen LogP contribution is -2.21. The third-order valence-corrected chi connectivity index (χ3v) is 3.26. The molecule has 0 atom stereocenters. The molecule has 2 aromatic rings. The van der Waals surface area contributed by atoms with E-state index in [1.807, 2.05) is 18.2 Å². The predicted molar refractivity (Wildman–Crippen MR) is 78.2 cm³/mol. The molecule has 1 aromatic carbocycles. The quantitative estimate of drug-likeness (QED) is 0.912. The number of hydrogen-bond donors (Lipinski definition) is 1. The van der Waals surface area contributed by atoms with Crippen molar-refractivity contribution in [1.29, 1.82) is 0 Å². The first-order valence-corrected chi connectivity index (χ1v) is 6.91. The fourth-order valence-corrected chi connectivity index (χ4v) is 2.17. The van der Waals surface area contributed by atoms with Crippen LogP contribution in [0.5, 0.6) is 5.75 Å². The highest BCUT2D eigenvalue weighted by Crippen LogP contribution is 2.30. The van der Waals surface area contributed by atoms with E-state index < -0.39 is 0 Å².